The van der Waals surface area contributed by atoms with Gasteiger partial charge in [-0.25, -0.2) is 13.1 Å². The van der Waals surface area contributed by atoms with Crippen LogP contribution in [0.1, 0.15) is 5.69 Å². The van der Waals surface area contributed by atoms with Crippen molar-refractivity contribution in [2.75, 3.05) is 18.2 Å². The summed E-state index contributed by atoms with van der Waals surface area (Å²) >= 11 is 0. The molecular formula is C12H16N4O3S. The number of aliphatic hydroxyl groups is 1. The van der Waals surface area contributed by atoms with Crippen LogP contribution in [-0.4, -0.2) is 41.4 Å². The van der Waals surface area contributed by atoms with Crippen molar-refractivity contribution in [2.45, 2.75) is 18.0 Å². The highest BCUT2D eigenvalue weighted by atomic mass is 32.2. The molecule has 0 atom stereocenters. The van der Waals surface area contributed by atoms with Crippen LogP contribution < -0.4 is 5.32 Å². The minimum atomic E-state index is -3.21. The molecule has 1 heterocycles. The second-order valence-electron chi connectivity index (χ2n) is 4.35. The molecular weight excluding hydrogens is 280 g/mol. The van der Waals surface area contributed by atoms with Crippen LogP contribution in [0.5, 0.6) is 0 Å². The van der Waals surface area contributed by atoms with E-state index in [-0.39, 0.29) is 11.5 Å². The van der Waals surface area contributed by atoms with Crippen molar-refractivity contribution in [3.05, 3.63) is 36.2 Å². The lowest BCUT2D eigenvalue weighted by atomic mass is 10.3. The average molecular weight is 296 g/mol. The molecule has 0 aliphatic carbocycles. The zero-order valence-electron chi connectivity index (χ0n) is 11.0. The fourth-order valence-corrected chi connectivity index (χ4v) is 2.33. The van der Waals surface area contributed by atoms with Crippen LogP contribution >= 0.6 is 0 Å². The van der Waals surface area contributed by atoms with E-state index in [0.29, 0.717) is 24.5 Å². The monoisotopic (exact) mass is 296 g/mol. The molecule has 0 fully saturated rings. The molecule has 0 saturated heterocycles. The van der Waals surface area contributed by atoms with Crippen molar-refractivity contribution in [2.24, 2.45) is 0 Å². The summed E-state index contributed by atoms with van der Waals surface area (Å²) < 4.78 is 24.5. The van der Waals surface area contributed by atoms with Gasteiger partial charge >= 0.3 is 0 Å². The highest BCUT2D eigenvalue weighted by Crippen LogP contribution is 2.15. The molecule has 108 valence electrons. The van der Waals surface area contributed by atoms with Crippen molar-refractivity contribution in [3.63, 3.8) is 0 Å². The summed E-state index contributed by atoms with van der Waals surface area (Å²) in [5, 5.41) is 19.7. The molecule has 0 spiro atoms. The van der Waals surface area contributed by atoms with Crippen LogP contribution in [0.2, 0.25) is 0 Å². The van der Waals surface area contributed by atoms with E-state index in [1.165, 1.54) is 6.26 Å². The van der Waals surface area contributed by atoms with E-state index in [4.69, 9.17) is 5.11 Å². The van der Waals surface area contributed by atoms with E-state index in [1.807, 2.05) is 0 Å². The van der Waals surface area contributed by atoms with Gasteiger partial charge in [0.25, 0.3) is 0 Å². The predicted octanol–water partition coefficient (Wildman–Crippen LogP) is 0.286. The summed E-state index contributed by atoms with van der Waals surface area (Å²) in [5.74, 6) is 0. The fourth-order valence-electron chi connectivity index (χ4n) is 1.66. The maximum atomic E-state index is 11.5. The van der Waals surface area contributed by atoms with Gasteiger partial charge in [0.15, 0.2) is 9.84 Å². The van der Waals surface area contributed by atoms with Crippen LogP contribution in [0, 0.1) is 0 Å². The molecule has 0 aliphatic rings. The second-order valence-corrected chi connectivity index (χ2v) is 6.37. The molecule has 0 amide bonds. The third kappa shape index (κ3) is 3.78. The van der Waals surface area contributed by atoms with Crippen LogP contribution in [0.3, 0.4) is 0 Å². The molecule has 0 bridgehead atoms. The number of aliphatic hydroxyl groups excluding tert-OH is 1. The number of nitrogens with zero attached hydrogens (tertiary/aromatic N) is 3. The molecule has 0 aliphatic heterocycles. The first kappa shape index (κ1) is 14.5. The minimum absolute atomic E-state index is 0.00658. The summed E-state index contributed by atoms with van der Waals surface area (Å²) in [5.41, 5.74) is 1.41. The SMILES string of the molecule is CS(=O)(=O)c1cccc(NCc2cn(CCO)nn2)c1. The summed E-state index contributed by atoms with van der Waals surface area (Å²) in [4.78, 5) is 0.270. The standard InChI is InChI=1S/C12H16N4O3S/c1-20(18,19)12-4-2-3-10(7-12)13-8-11-9-16(5-6-17)15-14-11/h2-4,7,9,13,17H,5-6,8H2,1H3. The molecule has 20 heavy (non-hydrogen) atoms. The Morgan fingerprint density at radius 2 is 2.20 bits per heavy atom. The van der Waals surface area contributed by atoms with Gasteiger partial charge in [0.2, 0.25) is 0 Å². The van der Waals surface area contributed by atoms with Gasteiger partial charge in [-0.1, -0.05) is 11.3 Å². The van der Waals surface area contributed by atoms with Crippen LogP contribution in [0.4, 0.5) is 5.69 Å². The molecule has 8 heteroatoms. The Hall–Kier alpha value is -1.93. The van der Waals surface area contributed by atoms with Crippen LogP contribution in [0.15, 0.2) is 35.4 Å². The van der Waals surface area contributed by atoms with Crippen molar-refractivity contribution in [3.8, 4) is 0 Å². The lowest BCUT2D eigenvalue weighted by Crippen LogP contribution is -2.03. The number of aromatic nitrogens is 3. The van der Waals surface area contributed by atoms with E-state index in [9.17, 15) is 8.42 Å². The van der Waals surface area contributed by atoms with E-state index in [0.717, 1.165) is 0 Å². The number of benzene rings is 1. The molecule has 2 aromatic rings. The van der Waals surface area contributed by atoms with Gasteiger partial charge in [0.1, 0.15) is 5.69 Å². The number of sulfone groups is 1. The van der Waals surface area contributed by atoms with Crippen molar-refractivity contribution in [1.82, 2.24) is 15.0 Å². The van der Waals surface area contributed by atoms with Gasteiger partial charge in [0, 0.05) is 11.9 Å². The Morgan fingerprint density at radius 1 is 1.40 bits per heavy atom. The first-order valence-corrected chi connectivity index (χ1v) is 7.92. The maximum absolute atomic E-state index is 11.5. The Balaban J connectivity index is 2.03. The summed E-state index contributed by atoms with van der Waals surface area (Å²) in [6, 6.07) is 6.60. The highest BCUT2D eigenvalue weighted by molar-refractivity contribution is 7.90. The number of nitrogens with one attached hydrogen (secondary N) is 1. The zero-order valence-corrected chi connectivity index (χ0v) is 11.8. The minimum Gasteiger partial charge on any atom is -0.394 e. The molecule has 1 aromatic heterocycles. The molecule has 2 N–H and O–H groups in total. The van der Waals surface area contributed by atoms with Gasteiger partial charge in [-0.15, -0.1) is 5.10 Å². The largest absolute Gasteiger partial charge is 0.394 e. The third-order valence-corrected chi connectivity index (χ3v) is 3.76. The zero-order chi connectivity index (χ0) is 14.6. The second kappa shape index (κ2) is 6.02. The van der Waals surface area contributed by atoms with Crippen LogP contribution in [0.25, 0.3) is 0 Å². The van der Waals surface area contributed by atoms with Gasteiger partial charge < -0.3 is 10.4 Å². The van der Waals surface area contributed by atoms with Gasteiger partial charge in [-0.05, 0) is 18.2 Å². The normalized spacial score (nSPS) is 11.5. The van der Waals surface area contributed by atoms with E-state index < -0.39 is 9.84 Å². The Bertz CT molecular complexity index is 682. The average Bonchev–Trinajstić information content (AvgIpc) is 2.84. The lowest BCUT2D eigenvalue weighted by Gasteiger charge is -2.05. The number of hydrogen-bond donors (Lipinski definition) is 2. The highest BCUT2D eigenvalue weighted by Gasteiger charge is 2.07. The molecule has 0 saturated carbocycles. The Labute approximate surface area is 117 Å². The summed E-state index contributed by atoms with van der Waals surface area (Å²) in [7, 11) is -3.21. The third-order valence-electron chi connectivity index (χ3n) is 2.65. The number of hydrogen-bond acceptors (Lipinski definition) is 6. The van der Waals surface area contributed by atoms with E-state index in [1.54, 1.807) is 35.1 Å². The quantitative estimate of drug-likeness (QED) is 0.795. The fraction of sp³-hybridized carbons (Fsp3) is 0.333. The molecule has 0 radical (unpaired) electrons. The number of anilines is 1. The van der Waals surface area contributed by atoms with E-state index >= 15 is 0 Å². The Morgan fingerprint density at radius 3 is 2.90 bits per heavy atom. The van der Waals surface area contributed by atoms with Gasteiger partial charge in [-0.2, -0.15) is 0 Å². The van der Waals surface area contributed by atoms with Gasteiger partial charge in [0.05, 0.1) is 30.8 Å². The predicted molar refractivity (Wildman–Crippen MR) is 74.0 cm³/mol. The summed E-state index contributed by atoms with van der Waals surface area (Å²) in [6.45, 7) is 0.835. The smallest absolute Gasteiger partial charge is 0.175 e. The molecule has 2 rings (SSSR count). The van der Waals surface area contributed by atoms with E-state index in [2.05, 4.69) is 15.6 Å². The molecule has 1 aromatic carbocycles. The van der Waals surface area contributed by atoms with Crippen LogP contribution in [-0.2, 0) is 22.9 Å². The van der Waals surface area contributed by atoms with Crippen molar-refractivity contribution < 1.29 is 13.5 Å². The lowest BCUT2D eigenvalue weighted by molar-refractivity contribution is 0.268. The first-order chi connectivity index (χ1) is 9.49. The molecule has 0 unspecified atom stereocenters. The summed E-state index contributed by atoms with van der Waals surface area (Å²) in [6.07, 6.45) is 2.90. The Kier molecular flexibility index (Phi) is 4.35. The topological polar surface area (TPSA) is 97.1 Å². The first-order valence-electron chi connectivity index (χ1n) is 6.03. The van der Waals surface area contributed by atoms with Gasteiger partial charge in [-0.3, -0.25) is 0 Å². The number of rotatable bonds is 6. The molecule has 7 nitrogen and oxygen atoms in total. The van der Waals surface area contributed by atoms with Crippen molar-refractivity contribution >= 4 is 15.5 Å². The van der Waals surface area contributed by atoms with Crippen molar-refractivity contribution in [1.29, 1.82) is 0 Å². The maximum Gasteiger partial charge on any atom is 0.175 e.